The molecular formula is C10H12ClFN2. The maximum atomic E-state index is 13.5. The monoisotopic (exact) mass is 214 g/mol. The van der Waals surface area contributed by atoms with Crippen molar-refractivity contribution in [3.63, 3.8) is 0 Å². The Morgan fingerprint density at radius 3 is 2.64 bits per heavy atom. The van der Waals surface area contributed by atoms with Crippen molar-refractivity contribution in [2.45, 2.75) is 38.0 Å². The predicted octanol–water partition coefficient (Wildman–Crippen LogP) is 3.32. The van der Waals surface area contributed by atoms with Gasteiger partial charge in [-0.1, -0.05) is 30.9 Å². The molecule has 2 nitrogen and oxygen atoms in total. The van der Waals surface area contributed by atoms with Gasteiger partial charge in [-0.2, -0.15) is 0 Å². The van der Waals surface area contributed by atoms with Gasteiger partial charge in [0, 0.05) is 5.92 Å². The largest absolute Gasteiger partial charge is 0.238 e. The lowest BCUT2D eigenvalue weighted by atomic mass is 9.87. The number of nitrogens with zero attached hydrogens (tertiary/aromatic N) is 2. The first-order valence-corrected chi connectivity index (χ1v) is 5.32. The highest BCUT2D eigenvalue weighted by Gasteiger charge is 2.21. The smallest absolute Gasteiger partial charge is 0.182 e. The standard InChI is InChI=1S/C10H12ClFN2/c11-10-8(12)9(13-6-14-10)7-4-2-1-3-5-7/h6-7H,1-5H2. The van der Waals surface area contributed by atoms with E-state index in [2.05, 4.69) is 9.97 Å². The van der Waals surface area contributed by atoms with Gasteiger partial charge in [0.05, 0.1) is 5.69 Å². The van der Waals surface area contributed by atoms with Crippen LogP contribution in [0.4, 0.5) is 4.39 Å². The van der Waals surface area contributed by atoms with Crippen LogP contribution in [0.5, 0.6) is 0 Å². The molecule has 1 saturated carbocycles. The molecule has 1 aromatic rings. The summed E-state index contributed by atoms with van der Waals surface area (Å²) in [5.74, 6) is -0.190. The molecule has 76 valence electrons. The summed E-state index contributed by atoms with van der Waals surface area (Å²) < 4.78 is 13.5. The highest BCUT2D eigenvalue weighted by atomic mass is 35.5. The Morgan fingerprint density at radius 1 is 1.21 bits per heavy atom. The van der Waals surface area contributed by atoms with E-state index in [0.29, 0.717) is 5.69 Å². The number of aromatic nitrogens is 2. The van der Waals surface area contributed by atoms with Crippen molar-refractivity contribution in [1.82, 2.24) is 9.97 Å². The van der Waals surface area contributed by atoms with E-state index in [-0.39, 0.29) is 11.1 Å². The summed E-state index contributed by atoms with van der Waals surface area (Å²) in [5.41, 5.74) is 0.504. The number of hydrogen-bond acceptors (Lipinski definition) is 2. The minimum atomic E-state index is -0.430. The molecule has 1 aliphatic carbocycles. The number of rotatable bonds is 1. The van der Waals surface area contributed by atoms with Crippen LogP contribution < -0.4 is 0 Å². The molecular weight excluding hydrogens is 203 g/mol. The summed E-state index contributed by atoms with van der Waals surface area (Å²) in [7, 11) is 0. The predicted molar refractivity (Wildman–Crippen MR) is 52.8 cm³/mol. The summed E-state index contributed by atoms with van der Waals surface area (Å²) in [6.07, 6.45) is 6.94. The van der Waals surface area contributed by atoms with E-state index in [1.54, 1.807) is 0 Å². The van der Waals surface area contributed by atoms with Crippen molar-refractivity contribution < 1.29 is 4.39 Å². The lowest BCUT2D eigenvalue weighted by Gasteiger charge is -2.21. The van der Waals surface area contributed by atoms with Gasteiger partial charge in [0.15, 0.2) is 11.0 Å². The minimum Gasteiger partial charge on any atom is -0.238 e. The quantitative estimate of drug-likeness (QED) is 0.671. The van der Waals surface area contributed by atoms with Gasteiger partial charge in [0.25, 0.3) is 0 Å². The Bertz CT molecular complexity index is 324. The molecule has 0 amide bonds. The first-order chi connectivity index (χ1) is 6.79. The molecule has 1 aliphatic rings. The zero-order valence-electron chi connectivity index (χ0n) is 7.84. The molecule has 0 unspecified atom stereocenters. The average Bonchev–Trinajstić information content (AvgIpc) is 2.23. The fourth-order valence-corrected chi connectivity index (χ4v) is 2.16. The molecule has 0 atom stereocenters. The third kappa shape index (κ3) is 1.87. The Hall–Kier alpha value is -0.700. The summed E-state index contributed by atoms with van der Waals surface area (Å²) in [4.78, 5) is 7.61. The summed E-state index contributed by atoms with van der Waals surface area (Å²) in [5, 5.41) is -0.0550. The minimum absolute atomic E-state index is 0.0550. The molecule has 0 N–H and O–H groups in total. The van der Waals surface area contributed by atoms with E-state index >= 15 is 0 Å². The molecule has 0 aliphatic heterocycles. The Morgan fingerprint density at radius 2 is 1.93 bits per heavy atom. The first-order valence-electron chi connectivity index (χ1n) is 4.95. The Kier molecular flexibility index (Phi) is 2.96. The third-order valence-corrected chi connectivity index (χ3v) is 3.03. The summed E-state index contributed by atoms with van der Waals surface area (Å²) >= 11 is 5.61. The maximum Gasteiger partial charge on any atom is 0.182 e. The van der Waals surface area contributed by atoms with Crippen LogP contribution in [0, 0.1) is 5.82 Å². The van der Waals surface area contributed by atoms with Crippen molar-refractivity contribution in [2.75, 3.05) is 0 Å². The first kappa shape index (κ1) is 9.84. The van der Waals surface area contributed by atoms with Crippen LogP contribution in [0.3, 0.4) is 0 Å². The van der Waals surface area contributed by atoms with Crippen molar-refractivity contribution in [3.8, 4) is 0 Å². The van der Waals surface area contributed by atoms with Crippen LogP contribution >= 0.6 is 11.6 Å². The molecule has 14 heavy (non-hydrogen) atoms. The normalized spacial score (nSPS) is 18.4. The fraction of sp³-hybridized carbons (Fsp3) is 0.600. The van der Waals surface area contributed by atoms with Crippen molar-refractivity contribution >= 4 is 11.6 Å². The molecule has 4 heteroatoms. The van der Waals surface area contributed by atoms with Gasteiger partial charge in [-0.15, -0.1) is 0 Å². The Balaban J connectivity index is 2.26. The fourth-order valence-electron chi connectivity index (χ4n) is 2.02. The topological polar surface area (TPSA) is 25.8 Å². The second-order valence-corrected chi connectivity index (χ2v) is 4.06. The lowest BCUT2D eigenvalue weighted by Crippen LogP contribution is -2.09. The molecule has 0 spiro atoms. The molecule has 2 rings (SSSR count). The van der Waals surface area contributed by atoms with E-state index in [4.69, 9.17) is 11.6 Å². The van der Waals surface area contributed by atoms with Gasteiger partial charge in [-0.25, -0.2) is 14.4 Å². The lowest BCUT2D eigenvalue weighted by molar-refractivity contribution is 0.419. The van der Waals surface area contributed by atoms with E-state index in [9.17, 15) is 4.39 Å². The average molecular weight is 215 g/mol. The molecule has 0 bridgehead atoms. The van der Waals surface area contributed by atoms with E-state index < -0.39 is 5.82 Å². The highest BCUT2D eigenvalue weighted by Crippen LogP contribution is 2.33. The number of hydrogen-bond donors (Lipinski definition) is 0. The summed E-state index contributed by atoms with van der Waals surface area (Å²) in [6.45, 7) is 0. The molecule has 0 aromatic carbocycles. The van der Waals surface area contributed by atoms with Gasteiger partial charge in [0.1, 0.15) is 6.33 Å². The highest BCUT2D eigenvalue weighted by molar-refractivity contribution is 6.29. The van der Waals surface area contributed by atoms with Gasteiger partial charge in [0.2, 0.25) is 0 Å². The van der Waals surface area contributed by atoms with Crippen LogP contribution in [0.25, 0.3) is 0 Å². The Labute approximate surface area is 87.5 Å². The van der Waals surface area contributed by atoms with Gasteiger partial charge < -0.3 is 0 Å². The van der Waals surface area contributed by atoms with Crippen molar-refractivity contribution in [2.24, 2.45) is 0 Å². The second-order valence-electron chi connectivity index (χ2n) is 3.70. The van der Waals surface area contributed by atoms with E-state index in [0.717, 1.165) is 25.7 Å². The van der Waals surface area contributed by atoms with Crippen LogP contribution in [0.15, 0.2) is 6.33 Å². The molecule has 0 saturated heterocycles. The molecule has 1 fully saturated rings. The van der Waals surface area contributed by atoms with E-state index in [1.807, 2.05) is 0 Å². The second kappa shape index (κ2) is 4.22. The zero-order valence-corrected chi connectivity index (χ0v) is 8.60. The number of halogens is 2. The van der Waals surface area contributed by atoms with Crippen LogP contribution in [-0.4, -0.2) is 9.97 Å². The van der Waals surface area contributed by atoms with Gasteiger partial charge in [-0.3, -0.25) is 0 Å². The van der Waals surface area contributed by atoms with Crippen molar-refractivity contribution in [3.05, 3.63) is 23.0 Å². The van der Waals surface area contributed by atoms with Gasteiger partial charge in [-0.05, 0) is 12.8 Å². The summed E-state index contributed by atoms with van der Waals surface area (Å²) in [6, 6.07) is 0. The molecule has 1 heterocycles. The SMILES string of the molecule is Fc1c(Cl)ncnc1C1CCCCC1. The van der Waals surface area contributed by atoms with Gasteiger partial charge >= 0.3 is 0 Å². The maximum absolute atomic E-state index is 13.5. The van der Waals surface area contributed by atoms with Crippen molar-refractivity contribution in [1.29, 1.82) is 0 Å². The molecule has 1 aromatic heterocycles. The zero-order chi connectivity index (χ0) is 9.97. The van der Waals surface area contributed by atoms with Crippen LogP contribution in [0.1, 0.15) is 43.7 Å². The van der Waals surface area contributed by atoms with E-state index in [1.165, 1.54) is 12.7 Å². The molecule has 0 radical (unpaired) electrons. The van der Waals surface area contributed by atoms with Crippen LogP contribution in [-0.2, 0) is 0 Å². The third-order valence-electron chi connectivity index (χ3n) is 2.77. The van der Waals surface area contributed by atoms with Crippen LogP contribution in [0.2, 0.25) is 5.15 Å².